The highest BCUT2D eigenvalue weighted by molar-refractivity contribution is 5.79. The van der Waals surface area contributed by atoms with Crippen LogP contribution < -0.4 is 10.6 Å². The molecule has 0 bridgehead atoms. The van der Waals surface area contributed by atoms with Gasteiger partial charge in [0, 0.05) is 32.1 Å². The van der Waals surface area contributed by atoms with Crippen molar-refractivity contribution in [2.45, 2.75) is 13.0 Å². The minimum absolute atomic E-state index is 0.256. The van der Waals surface area contributed by atoms with Crippen LogP contribution in [0.3, 0.4) is 0 Å². The Labute approximate surface area is 156 Å². The van der Waals surface area contributed by atoms with Crippen LogP contribution >= 0.6 is 0 Å². The van der Waals surface area contributed by atoms with Gasteiger partial charge in [-0.05, 0) is 42.0 Å². The molecular formula is C20H20F2N4O. The van der Waals surface area contributed by atoms with E-state index < -0.39 is 0 Å². The molecule has 0 aliphatic carbocycles. The van der Waals surface area contributed by atoms with E-state index in [9.17, 15) is 8.78 Å². The Hall–Kier alpha value is -3.22. The van der Waals surface area contributed by atoms with E-state index in [2.05, 4.69) is 20.6 Å². The molecule has 0 unspecified atom stereocenters. The van der Waals surface area contributed by atoms with Crippen LogP contribution in [0.25, 0.3) is 11.5 Å². The SMILES string of the molecule is CN=C(NCCc1coc(-c2ccc(F)cc2)n1)NCc1ccc(F)cc1. The quantitative estimate of drug-likeness (QED) is 0.515. The molecule has 5 nitrogen and oxygen atoms in total. The molecule has 0 saturated carbocycles. The van der Waals surface area contributed by atoms with Gasteiger partial charge in [-0.25, -0.2) is 13.8 Å². The van der Waals surface area contributed by atoms with E-state index in [1.54, 1.807) is 37.6 Å². The van der Waals surface area contributed by atoms with Crippen molar-refractivity contribution >= 4 is 5.96 Å². The van der Waals surface area contributed by atoms with Crippen LogP contribution in [0.1, 0.15) is 11.3 Å². The fourth-order valence-corrected chi connectivity index (χ4v) is 2.46. The first-order valence-electron chi connectivity index (χ1n) is 8.53. The van der Waals surface area contributed by atoms with E-state index in [-0.39, 0.29) is 11.6 Å². The van der Waals surface area contributed by atoms with Gasteiger partial charge in [-0.2, -0.15) is 0 Å². The van der Waals surface area contributed by atoms with Crippen molar-refractivity contribution < 1.29 is 13.2 Å². The first kappa shape index (κ1) is 18.6. The Morgan fingerprint density at radius 3 is 2.33 bits per heavy atom. The predicted octanol–water partition coefficient (Wildman–Crippen LogP) is 3.53. The molecule has 0 fully saturated rings. The number of hydrogen-bond acceptors (Lipinski definition) is 3. The Bertz CT molecular complexity index is 889. The number of oxazole rings is 1. The van der Waals surface area contributed by atoms with Gasteiger partial charge in [-0.3, -0.25) is 4.99 Å². The minimum Gasteiger partial charge on any atom is -0.444 e. The summed E-state index contributed by atoms with van der Waals surface area (Å²) in [4.78, 5) is 8.56. The van der Waals surface area contributed by atoms with Crippen molar-refractivity contribution in [3.05, 3.63) is 77.7 Å². The lowest BCUT2D eigenvalue weighted by Crippen LogP contribution is -2.37. The molecule has 140 valence electrons. The zero-order chi connectivity index (χ0) is 19.1. The number of nitrogens with one attached hydrogen (secondary N) is 2. The van der Waals surface area contributed by atoms with E-state index in [1.165, 1.54) is 24.3 Å². The van der Waals surface area contributed by atoms with Crippen LogP contribution in [0.2, 0.25) is 0 Å². The number of nitrogens with zero attached hydrogens (tertiary/aromatic N) is 2. The fourth-order valence-electron chi connectivity index (χ4n) is 2.46. The zero-order valence-electron chi connectivity index (χ0n) is 14.9. The molecule has 0 radical (unpaired) electrons. The van der Waals surface area contributed by atoms with E-state index in [4.69, 9.17) is 4.42 Å². The topological polar surface area (TPSA) is 62.5 Å². The number of aliphatic imine (C=N–C) groups is 1. The van der Waals surface area contributed by atoms with E-state index >= 15 is 0 Å². The van der Waals surface area contributed by atoms with Crippen molar-refractivity contribution in [1.82, 2.24) is 15.6 Å². The third-order valence-corrected chi connectivity index (χ3v) is 3.91. The summed E-state index contributed by atoms with van der Waals surface area (Å²) in [6, 6.07) is 12.3. The van der Waals surface area contributed by atoms with Crippen LogP contribution in [0, 0.1) is 11.6 Å². The van der Waals surface area contributed by atoms with Gasteiger partial charge in [-0.15, -0.1) is 0 Å². The lowest BCUT2D eigenvalue weighted by Gasteiger charge is -2.11. The molecule has 27 heavy (non-hydrogen) atoms. The molecule has 0 spiro atoms. The van der Waals surface area contributed by atoms with E-state index in [0.717, 1.165) is 16.8 Å². The first-order chi connectivity index (χ1) is 13.1. The predicted molar refractivity (Wildman–Crippen MR) is 100 cm³/mol. The van der Waals surface area contributed by atoms with Gasteiger partial charge >= 0.3 is 0 Å². The highest BCUT2D eigenvalue weighted by Crippen LogP contribution is 2.18. The molecule has 7 heteroatoms. The van der Waals surface area contributed by atoms with Crippen molar-refractivity contribution in [2.24, 2.45) is 4.99 Å². The van der Waals surface area contributed by atoms with Gasteiger partial charge in [0.1, 0.15) is 17.9 Å². The summed E-state index contributed by atoms with van der Waals surface area (Å²) in [5, 5.41) is 6.35. The highest BCUT2D eigenvalue weighted by Gasteiger charge is 2.07. The van der Waals surface area contributed by atoms with Crippen LogP contribution in [0.5, 0.6) is 0 Å². The van der Waals surface area contributed by atoms with Gasteiger partial charge in [0.25, 0.3) is 0 Å². The summed E-state index contributed by atoms with van der Waals surface area (Å²) in [7, 11) is 1.68. The molecule has 2 N–H and O–H groups in total. The van der Waals surface area contributed by atoms with E-state index in [0.29, 0.717) is 31.4 Å². The summed E-state index contributed by atoms with van der Waals surface area (Å²) >= 11 is 0. The number of halogens is 2. The Balaban J connectivity index is 1.47. The summed E-state index contributed by atoms with van der Waals surface area (Å²) in [6.07, 6.45) is 2.23. The summed E-state index contributed by atoms with van der Waals surface area (Å²) < 4.78 is 31.4. The fraction of sp³-hybridized carbons (Fsp3) is 0.200. The van der Waals surface area contributed by atoms with Gasteiger partial charge < -0.3 is 15.1 Å². The zero-order valence-corrected chi connectivity index (χ0v) is 14.9. The normalized spacial score (nSPS) is 11.4. The molecule has 0 amide bonds. The molecule has 3 rings (SSSR count). The summed E-state index contributed by atoms with van der Waals surface area (Å²) in [5.74, 6) is 0.550. The third kappa shape index (κ3) is 5.37. The van der Waals surface area contributed by atoms with Crippen LogP contribution in [0.15, 0.2) is 64.2 Å². The van der Waals surface area contributed by atoms with Crippen molar-refractivity contribution in [2.75, 3.05) is 13.6 Å². The van der Waals surface area contributed by atoms with Gasteiger partial charge in [0.2, 0.25) is 5.89 Å². The van der Waals surface area contributed by atoms with Gasteiger partial charge in [-0.1, -0.05) is 12.1 Å². The monoisotopic (exact) mass is 370 g/mol. The second kappa shape index (κ2) is 8.93. The van der Waals surface area contributed by atoms with Crippen LogP contribution in [-0.4, -0.2) is 24.5 Å². The summed E-state index contributed by atoms with van der Waals surface area (Å²) in [6.45, 7) is 1.15. The Morgan fingerprint density at radius 2 is 1.67 bits per heavy atom. The maximum Gasteiger partial charge on any atom is 0.226 e. The number of hydrogen-bond donors (Lipinski definition) is 2. The number of aromatic nitrogens is 1. The average molecular weight is 370 g/mol. The maximum atomic E-state index is 13.0. The molecule has 1 aromatic heterocycles. The largest absolute Gasteiger partial charge is 0.444 e. The molecule has 1 heterocycles. The molecule has 0 aliphatic heterocycles. The van der Waals surface area contributed by atoms with Crippen LogP contribution in [0.4, 0.5) is 8.78 Å². The maximum absolute atomic E-state index is 13.0. The van der Waals surface area contributed by atoms with Crippen molar-refractivity contribution in [3.63, 3.8) is 0 Å². The molecule has 2 aromatic carbocycles. The van der Waals surface area contributed by atoms with E-state index in [1.807, 2.05) is 0 Å². The molecular weight excluding hydrogens is 350 g/mol. The number of benzene rings is 2. The summed E-state index contributed by atoms with van der Waals surface area (Å²) in [5.41, 5.74) is 2.47. The minimum atomic E-state index is -0.297. The Morgan fingerprint density at radius 1 is 1.00 bits per heavy atom. The van der Waals surface area contributed by atoms with Crippen molar-refractivity contribution in [1.29, 1.82) is 0 Å². The average Bonchev–Trinajstić information content (AvgIpc) is 3.15. The number of rotatable bonds is 6. The second-order valence-electron chi connectivity index (χ2n) is 5.88. The molecule has 0 saturated heterocycles. The standard InChI is InChI=1S/C20H20F2N4O/c1-23-20(25-12-14-2-6-16(21)7-3-14)24-11-10-18-13-27-19(26-18)15-4-8-17(22)9-5-15/h2-9,13H,10-12H2,1H3,(H2,23,24,25). The number of guanidine groups is 1. The van der Waals surface area contributed by atoms with Crippen LogP contribution in [-0.2, 0) is 13.0 Å². The lowest BCUT2D eigenvalue weighted by atomic mass is 10.2. The molecule has 3 aromatic rings. The first-order valence-corrected chi connectivity index (χ1v) is 8.53. The Kier molecular flexibility index (Phi) is 6.14. The highest BCUT2D eigenvalue weighted by atomic mass is 19.1. The van der Waals surface area contributed by atoms with Gasteiger partial charge in [0.15, 0.2) is 5.96 Å². The lowest BCUT2D eigenvalue weighted by molar-refractivity contribution is 0.571. The van der Waals surface area contributed by atoms with Gasteiger partial charge in [0.05, 0.1) is 5.69 Å². The molecule has 0 atom stereocenters. The van der Waals surface area contributed by atoms with Crippen molar-refractivity contribution in [3.8, 4) is 11.5 Å². The smallest absolute Gasteiger partial charge is 0.226 e. The second-order valence-corrected chi connectivity index (χ2v) is 5.88. The molecule has 0 aliphatic rings. The third-order valence-electron chi connectivity index (χ3n) is 3.91.